The van der Waals surface area contributed by atoms with Crippen molar-refractivity contribution in [2.75, 3.05) is 26.1 Å². The first-order valence-corrected chi connectivity index (χ1v) is 7.80. The van der Waals surface area contributed by atoms with Crippen LogP contribution in [-0.2, 0) is 11.3 Å². The standard InChI is InChI=1S/C14H19N3O2S/c1-18-12-3-2-11(8-15-12)9-16-13-17-14(10-20-13)4-6-19-7-5-14/h2-3,8H,4-7,9-10H2,1H3,(H,16,17). The Hall–Kier alpha value is -1.27. The summed E-state index contributed by atoms with van der Waals surface area (Å²) in [5.41, 5.74) is 1.30. The van der Waals surface area contributed by atoms with Crippen LogP contribution in [0.3, 0.4) is 0 Å². The minimum atomic E-state index is 0.208. The lowest BCUT2D eigenvalue weighted by atomic mass is 9.93. The van der Waals surface area contributed by atoms with Gasteiger partial charge in [0.15, 0.2) is 5.17 Å². The van der Waals surface area contributed by atoms with Crippen LogP contribution in [-0.4, -0.2) is 41.8 Å². The highest BCUT2D eigenvalue weighted by Gasteiger charge is 2.38. The van der Waals surface area contributed by atoms with Crippen LogP contribution in [0.15, 0.2) is 23.3 Å². The van der Waals surface area contributed by atoms with Gasteiger partial charge in [-0.2, -0.15) is 0 Å². The molecule has 0 atom stereocenters. The Morgan fingerprint density at radius 3 is 3.00 bits per heavy atom. The first kappa shape index (κ1) is 13.7. The summed E-state index contributed by atoms with van der Waals surface area (Å²) in [5.74, 6) is 1.73. The summed E-state index contributed by atoms with van der Waals surface area (Å²) in [5, 5.41) is 4.63. The summed E-state index contributed by atoms with van der Waals surface area (Å²) in [4.78, 5) is 8.84. The number of pyridine rings is 1. The molecule has 1 aromatic heterocycles. The van der Waals surface area contributed by atoms with Crippen LogP contribution in [0.1, 0.15) is 18.4 Å². The normalized spacial score (nSPS) is 22.9. The van der Waals surface area contributed by atoms with Gasteiger partial charge in [0.05, 0.1) is 19.2 Å². The molecule has 0 aliphatic carbocycles. The fraction of sp³-hybridized carbons (Fsp3) is 0.571. The molecule has 108 valence electrons. The number of methoxy groups -OCH3 is 1. The maximum Gasteiger partial charge on any atom is 0.212 e. The average Bonchev–Trinajstić information content (AvgIpc) is 2.89. The molecule has 2 saturated heterocycles. The molecule has 0 aromatic carbocycles. The Balaban J connectivity index is 1.59. The third kappa shape index (κ3) is 3.07. The Morgan fingerprint density at radius 2 is 2.30 bits per heavy atom. The van der Waals surface area contributed by atoms with Gasteiger partial charge in [-0.25, -0.2) is 4.98 Å². The summed E-state index contributed by atoms with van der Waals surface area (Å²) >= 11 is 1.81. The number of amidine groups is 1. The van der Waals surface area contributed by atoms with E-state index in [1.807, 2.05) is 30.1 Å². The monoisotopic (exact) mass is 293 g/mol. The van der Waals surface area contributed by atoms with Crippen LogP contribution >= 0.6 is 11.8 Å². The largest absolute Gasteiger partial charge is 0.481 e. The van der Waals surface area contributed by atoms with Crippen molar-refractivity contribution in [2.45, 2.75) is 24.9 Å². The van der Waals surface area contributed by atoms with Crippen LogP contribution in [0.2, 0.25) is 0 Å². The molecule has 0 bridgehead atoms. The first-order chi connectivity index (χ1) is 9.80. The molecule has 1 aromatic rings. The molecule has 2 fully saturated rings. The predicted molar refractivity (Wildman–Crippen MR) is 80.3 cm³/mol. The van der Waals surface area contributed by atoms with E-state index in [0.717, 1.165) is 42.5 Å². The van der Waals surface area contributed by atoms with E-state index in [1.165, 1.54) is 0 Å². The smallest absolute Gasteiger partial charge is 0.212 e. The Labute approximate surface area is 123 Å². The second-order valence-electron chi connectivity index (χ2n) is 5.14. The van der Waals surface area contributed by atoms with Crippen LogP contribution in [0, 0.1) is 0 Å². The third-order valence-corrected chi connectivity index (χ3v) is 4.92. The van der Waals surface area contributed by atoms with Crippen molar-refractivity contribution in [3.63, 3.8) is 0 Å². The molecule has 1 N–H and O–H groups in total. The molecule has 20 heavy (non-hydrogen) atoms. The van der Waals surface area contributed by atoms with Gasteiger partial charge in [0.2, 0.25) is 5.88 Å². The van der Waals surface area contributed by atoms with E-state index in [-0.39, 0.29) is 5.54 Å². The summed E-state index contributed by atoms with van der Waals surface area (Å²) in [6.07, 6.45) is 3.96. The lowest BCUT2D eigenvalue weighted by Gasteiger charge is -2.32. The van der Waals surface area contributed by atoms with E-state index in [0.29, 0.717) is 12.4 Å². The van der Waals surface area contributed by atoms with Crippen molar-refractivity contribution in [3.05, 3.63) is 23.9 Å². The van der Waals surface area contributed by atoms with Gasteiger partial charge in [-0.1, -0.05) is 17.8 Å². The van der Waals surface area contributed by atoms with Crippen LogP contribution < -0.4 is 10.1 Å². The fourth-order valence-corrected chi connectivity index (χ4v) is 3.63. The Morgan fingerprint density at radius 1 is 1.45 bits per heavy atom. The number of thioether (sulfide) groups is 1. The van der Waals surface area contributed by atoms with E-state index < -0.39 is 0 Å². The van der Waals surface area contributed by atoms with Crippen molar-refractivity contribution in [1.29, 1.82) is 0 Å². The van der Waals surface area contributed by atoms with Crippen LogP contribution in [0.4, 0.5) is 0 Å². The summed E-state index contributed by atoms with van der Waals surface area (Å²) in [6, 6.07) is 3.87. The van der Waals surface area contributed by atoms with Crippen molar-refractivity contribution < 1.29 is 9.47 Å². The van der Waals surface area contributed by atoms with Crippen molar-refractivity contribution in [3.8, 4) is 5.88 Å². The highest BCUT2D eigenvalue weighted by atomic mass is 32.2. The molecule has 3 heterocycles. The fourth-order valence-electron chi connectivity index (χ4n) is 2.41. The zero-order valence-corrected chi connectivity index (χ0v) is 12.4. The third-order valence-electron chi connectivity index (χ3n) is 3.72. The number of hydrogen-bond donors (Lipinski definition) is 1. The topological polar surface area (TPSA) is 55.7 Å². The number of rotatable bonds is 3. The number of ether oxygens (including phenoxy) is 2. The Bertz CT molecular complexity index is 484. The second kappa shape index (κ2) is 6.01. The molecule has 0 unspecified atom stereocenters. The van der Waals surface area contributed by atoms with Crippen LogP contribution in [0.25, 0.3) is 0 Å². The average molecular weight is 293 g/mol. The van der Waals surface area contributed by atoms with Crippen molar-refractivity contribution >= 4 is 16.9 Å². The number of nitrogens with zero attached hydrogens (tertiary/aromatic N) is 2. The number of aromatic nitrogens is 1. The predicted octanol–water partition coefficient (Wildman–Crippen LogP) is 1.83. The zero-order chi connectivity index (χ0) is 13.8. The lowest BCUT2D eigenvalue weighted by molar-refractivity contribution is 0.0555. The molecule has 0 saturated carbocycles. The molecular weight excluding hydrogens is 274 g/mol. The van der Waals surface area contributed by atoms with E-state index in [2.05, 4.69) is 15.3 Å². The van der Waals surface area contributed by atoms with Gasteiger partial charge >= 0.3 is 0 Å². The maximum atomic E-state index is 5.43. The van der Waals surface area contributed by atoms with E-state index >= 15 is 0 Å². The molecule has 5 nitrogen and oxygen atoms in total. The molecule has 2 aliphatic rings. The second-order valence-corrected chi connectivity index (χ2v) is 6.10. The zero-order valence-electron chi connectivity index (χ0n) is 11.6. The molecule has 6 heteroatoms. The molecule has 0 amide bonds. The van der Waals surface area contributed by atoms with Gasteiger partial charge < -0.3 is 14.8 Å². The Kier molecular flexibility index (Phi) is 4.12. The number of nitrogens with one attached hydrogen (secondary N) is 1. The molecule has 0 radical (unpaired) electrons. The van der Waals surface area contributed by atoms with Gasteiger partial charge in [0, 0.05) is 31.2 Å². The van der Waals surface area contributed by atoms with Crippen molar-refractivity contribution in [1.82, 2.24) is 10.3 Å². The highest BCUT2D eigenvalue weighted by molar-refractivity contribution is 8.14. The van der Waals surface area contributed by atoms with E-state index in [1.54, 1.807) is 7.11 Å². The lowest BCUT2D eigenvalue weighted by Crippen LogP contribution is -2.48. The molecule has 2 aliphatic heterocycles. The van der Waals surface area contributed by atoms with E-state index in [9.17, 15) is 0 Å². The van der Waals surface area contributed by atoms with Crippen molar-refractivity contribution in [2.24, 2.45) is 4.99 Å². The number of hydrogen-bond acceptors (Lipinski definition) is 5. The number of aliphatic imine (C=N–C) groups is 1. The van der Waals surface area contributed by atoms with Gasteiger partial charge in [-0.15, -0.1) is 0 Å². The molecule has 1 spiro atoms. The first-order valence-electron chi connectivity index (χ1n) is 6.82. The van der Waals surface area contributed by atoms with Gasteiger partial charge in [0.1, 0.15) is 0 Å². The van der Waals surface area contributed by atoms with Gasteiger partial charge in [-0.05, 0) is 18.4 Å². The summed E-state index contributed by atoms with van der Waals surface area (Å²) in [7, 11) is 1.62. The molecule has 3 rings (SSSR count). The highest BCUT2D eigenvalue weighted by Crippen LogP contribution is 2.31. The van der Waals surface area contributed by atoms with Crippen LogP contribution in [0.5, 0.6) is 5.88 Å². The summed E-state index contributed by atoms with van der Waals surface area (Å²) < 4.78 is 10.5. The van der Waals surface area contributed by atoms with Gasteiger partial charge in [-0.3, -0.25) is 4.99 Å². The van der Waals surface area contributed by atoms with Gasteiger partial charge in [0.25, 0.3) is 0 Å². The van der Waals surface area contributed by atoms with E-state index in [4.69, 9.17) is 9.47 Å². The SMILES string of the molecule is COc1ccc(CN=C2NC3(CCOCC3)CS2)cn1. The quantitative estimate of drug-likeness (QED) is 0.921. The molecular formula is C14H19N3O2S. The summed E-state index contributed by atoms with van der Waals surface area (Å²) in [6.45, 7) is 2.35. The minimum Gasteiger partial charge on any atom is -0.481 e. The minimum absolute atomic E-state index is 0.208. The maximum absolute atomic E-state index is 5.43.